The molecule has 0 spiro atoms. The normalized spacial score (nSPS) is 14.6. The number of fused-ring (bicyclic) bond motifs is 15. The fourth-order valence-corrected chi connectivity index (χ4v) is 25.5. The minimum absolute atomic E-state index is 0.604. The van der Waals surface area contributed by atoms with Gasteiger partial charge >= 0.3 is 0 Å². The molecule has 12 nitrogen and oxygen atoms in total. The molecule has 0 saturated carbocycles. The van der Waals surface area contributed by atoms with Crippen LogP contribution in [-0.4, -0.2) is 44.9 Å². The van der Waals surface area contributed by atoms with Gasteiger partial charge in [-0.1, -0.05) is 406 Å². The maximum absolute atomic E-state index is 10.0. The number of nitriles is 3. The highest BCUT2D eigenvalue weighted by atomic mass is 32.1. The van der Waals surface area contributed by atoms with Crippen LogP contribution in [0.3, 0.4) is 0 Å². The Morgan fingerprint density at radius 2 is 0.400 bits per heavy atom. The van der Waals surface area contributed by atoms with E-state index in [2.05, 4.69) is 289 Å². The van der Waals surface area contributed by atoms with Crippen LogP contribution >= 0.6 is 34.0 Å². The Hall–Kier alpha value is -19.4. The first-order valence-electron chi connectivity index (χ1n) is 49.6. The van der Waals surface area contributed by atoms with E-state index in [4.69, 9.17) is 44.9 Å². The average molecular weight is 1970 g/mol. The summed E-state index contributed by atoms with van der Waals surface area (Å²) < 4.78 is 3.50. The highest BCUT2D eigenvalue weighted by molar-refractivity contribution is 7.18. The molecule has 3 unspecified atom stereocenters. The first kappa shape index (κ1) is 90.6. The van der Waals surface area contributed by atoms with Crippen molar-refractivity contribution in [1.82, 2.24) is 44.9 Å². The van der Waals surface area contributed by atoms with Gasteiger partial charge in [-0.25, -0.2) is 44.9 Å². The second-order valence-corrected chi connectivity index (χ2v) is 40.0. The Bertz CT molecular complexity index is 9470. The molecule has 0 bridgehead atoms. The van der Waals surface area contributed by atoms with Crippen molar-refractivity contribution < 1.29 is 0 Å². The van der Waals surface area contributed by atoms with Gasteiger partial charge in [-0.05, 0) is 200 Å². The van der Waals surface area contributed by atoms with Crippen molar-refractivity contribution in [1.29, 1.82) is 15.8 Å². The molecule has 700 valence electrons. The highest BCUT2D eigenvalue weighted by Crippen LogP contribution is 2.64. The second-order valence-electron chi connectivity index (χ2n) is 37.3. The molecule has 28 rings (SSSR count). The SMILES string of the molecule is N#Cc1ccc(-c2cc3c(c4ccsc24)-c2ccccc2C3(c2ccccc2)c2ccc(-c3nc(-c4ccccc4)nc(-c4ccccc4)n3)cc2)cc1.N#Cc1ccc(C2(c3ccccc3)c3ccccc3-c3c2cc(-c2nc(-c4ccccc4)nc(-c4ccccc4)n2)c2sccc32)cc1.N#Cc1cccc(C2(c3ccccc3)c3ccccc3-c3c2cc(-c2nc(-c4ccccc4)nc(-c4ccccc4)n2)c2sccc32)c1. The van der Waals surface area contributed by atoms with Crippen molar-refractivity contribution in [2.75, 3.05) is 0 Å². The van der Waals surface area contributed by atoms with Gasteiger partial charge < -0.3 is 0 Å². The second kappa shape index (κ2) is 38.3. The molecular formula is C135H82N12S3. The molecule has 0 radical (unpaired) electrons. The number of hydrogen-bond acceptors (Lipinski definition) is 15. The number of hydrogen-bond donors (Lipinski definition) is 0. The Morgan fingerprint density at radius 3 is 0.713 bits per heavy atom. The smallest absolute Gasteiger partial charge is 0.165 e. The fourth-order valence-electron chi connectivity index (χ4n) is 22.7. The lowest BCUT2D eigenvalue weighted by Gasteiger charge is -2.34. The lowest BCUT2D eigenvalue weighted by Crippen LogP contribution is -2.28. The summed E-state index contributed by atoms with van der Waals surface area (Å²) in [5, 5.41) is 39.4. The minimum atomic E-state index is -0.678. The van der Waals surface area contributed by atoms with Crippen LogP contribution in [0.15, 0.2) is 495 Å². The zero-order valence-electron chi connectivity index (χ0n) is 80.4. The summed E-state index contributed by atoms with van der Waals surface area (Å²) in [6.07, 6.45) is 0. The molecule has 0 aliphatic heterocycles. The van der Waals surface area contributed by atoms with E-state index in [1.807, 2.05) is 224 Å². The first-order valence-corrected chi connectivity index (χ1v) is 52.2. The molecule has 6 aromatic heterocycles. The highest BCUT2D eigenvalue weighted by Gasteiger charge is 2.51. The quantitative estimate of drug-likeness (QED) is 0.0892. The van der Waals surface area contributed by atoms with Crippen molar-refractivity contribution in [3.63, 3.8) is 0 Å². The maximum atomic E-state index is 10.0. The molecule has 6 heterocycles. The molecule has 19 aromatic carbocycles. The van der Waals surface area contributed by atoms with Crippen LogP contribution in [0.25, 0.3) is 177 Å². The zero-order valence-corrected chi connectivity index (χ0v) is 82.9. The van der Waals surface area contributed by atoms with Crippen LogP contribution < -0.4 is 0 Å². The minimum Gasteiger partial charge on any atom is -0.208 e. The molecule has 150 heavy (non-hydrogen) atoms. The van der Waals surface area contributed by atoms with E-state index in [0.29, 0.717) is 69.1 Å². The van der Waals surface area contributed by atoms with E-state index in [9.17, 15) is 15.8 Å². The third-order valence-corrected chi connectivity index (χ3v) is 32.0. The van der Waals surface area contributed by atoms with Crippen LogP contribution in [0.1, 0.15) is 83.5 Å². The largest absolute Gasteiger partial charge is 0.208 e. The molecule has 25 aromatic rings. The fraction of sp³-hybridized carbons (Fsp3) is 0.0222. The third kappa shape index (κ3) is 15.3. The summed E-state index contributed by atoms with van der Waals surface area (Å²) in [5.41, 5.74) is 32.1. The Balaban J connectivity index is 0.000000114. The van der Waals surface area contributed by atoms with Crippen molar-refractivity contribution in [3.05, 3.63) is 579 Å². The lowest BCUT2D eigenvalue weighted by atomic mass is 9.67. The lowest BCUT2D eigenvalue weighted by molar-refractivity contribution is 0.768. The summed E-state index contributed by atoms with van der Waals surface area (Å²) in [6, 6.07) is 173. The maximum Gasteiger partial charge on any atom is 0.165 e. The van der Waals surface area contributed by atoms with Gasteiger partial charge in [0.05, 0.1) is 51.1 Å². The molecule has 0 fully saturated rings. The zero-order chi connectivity index (χ0) is 100. The van der Waals surface area contributed by atoms with Crippen molar-refractivity contribution >= 4 is 64.3 Å². The van der Waals surface area contributed by atoms with Gasteiger partial charge in [0.2, 0.25) is 0 Å². The van der Waals surface area contributed by atoms with E-state index in [1.54, 1.807) is 34.0 Å². The average Bonchev–Trinajstić information content (AvgIpc) is 1.53. The Labute approximate surface area is 878 Å². The predicted octanol–water partition coefficient (Wildman–Crippen LogP) is 32.6. The van der Waals surface area contributed by atoms with Gasteiger partial charge in [0.1, 0.15) is 0 Å². The standard InChI is InChI=1S/C49H30N4S.2C43H26N4S/c50-31-32-20-22-33(23-21-32)41-30-43-44(40-28-29-54-45(40)41)39-18-10-11-19-42(39)49(43,37-16-8-3-9-17-37)38-26-24-36(25-27-38)48-52-46(34-12-4-1-5-13-34)51-47(53-48)35-14-6-2-7-15-35;44-27-28-13-12-20-32(25-28)43(31-18-8-3-9-19-31)36-22-11-10-21-33(36)38-34-23-24-48-39(34)35(26-37(38)43)42-46-40(29-14-4-1-5-15-29)45-41(47-42)30-16-6-2-7-17-30;44-27-28-20-22-32(23-21-28)43(31-16-8-3-9-17-31)36-19-11-10-18-33(36)38-34-24-25-48-39(34)35(26-37(38)43)42-46-40(29-12-4-1-5-13-29)45-41(47-42)30-14-6-2-7-15-30/h1-30H;2*1-26H. The summed E-state index contributed by atoms with van der Waals surface area (Å²) in [4.78, 5) is 45.5. The van der Waals surface area contributed by atoms with Crippen molar-refractivity contribution in [3.8, 4) is 165 Å². The third-order valence-electron chi connectivity index (χ3n) is 29.2. The monoisotopic (exact) mass is 1970 g/mol. The van der Waals surface area contributed by atoms with Crippen LogP contribution in [0.5, 0.6) is 0 Å². The topological polar surface area (TPSA) is 187 Å². The number of nitrogens with zero attached hydrogens (tertiary/aromatic N) is 12. The van der Waals surface area contributed by atoms with E-state index >= 15 is 0 Å². The van der Waals surface area contributed by atoms with Gasteiger partial charge in [0.25, 0.3) is 0 Å². The predicted molar refractivity (Wildman–Crippen MR) is 606 cm³/mol. The van der Waals surface area contributed by atoms with Crippen LogP contribution in [0, 0.1) is 34.0 Å². The number of rotatable bonds is 16. The van der Waals surface area contributed by atoms with Gasteiger partial charge in [0, 0.05) is 80.3 Å². The van der Waals surface area contributed by atoms with E-state index in [-0.39, 0.29) is 0 Å². The molecule has 0 N–H and O–H groups in total. The Morgan fingerprint density at radius 1 is 0.167 bits per heavy atom. The molecule has 3 aliphatic carbocycles. The summed E-state index contributed by atoms with van der Waals surface area (Å²) in [5.74, 6) is 5.68. The molecule has 15 heteroatoms. The molecule has 3 atom stereocenters. The van der Waals surface area contributed by atoms with E-state index in [0.717, 1.165) is 104 Å². The van der Waals surface area contributed by atoms with E-state index in [1.165, 1.54) is 87.8 Å². The van der Waals surface area contributed by atoms with Crippen LogP contribution in [-0.2, 0) is 16.2 Å². The molecule has 0 saturated heterocycles. The first-order chi connectivity index (χ1) is 74.2. The number of aromatic nitrogens is 9. The van der Waals surface area contributed by atoms with E-state index < -0.39 is 16.2 Å². The number of benzene rings is 19. The van der Waals surface area contributed by atoms with Crippen molar-refractivity contribution in [2.24, 2.45) is 0 Å². The van der Waals surface area contributed by atoms with Crippen LogP contribution in [0.2, 0.25) is 0 Å². The summed E-state index contributed by atoms with van der Waals surface area (Å²) in [6.45, 7) is 0. The summed E-state index contributed by atoms with van der Waals surface area (Å²) >= 11 is 5.19. The van der Waals surface area contributed by atoms with Gasteiger partial charge in [-0.15, -0.1) is 34.0 Å². The van der Waals surface area contributed by atoms with Gasteiger partial charge in [0.15, 0.2) is 52.4 Å². The summed E-state index contributed by atoms with van der Waals surface area (Å²) in [7, 11) is 0. The molecular weight excluding hydrogens is 1890 g/mol. The van der Waals surface area contributed by atoms with Gasteiger partial charge in [-0.3, -0.25) is 0 Å². The van der Waals surface area contributed by atoms with Crippen molar-refractivity contribution in [2.45, 2.75) is 16.2 Å². The molecule has 3 aliphatic rings. The van der Waals surface area contributed by atoms with Crippen LogP contribution in [0.4, 0.5) is 0 Å². The molecule has 0 amide bonds. The Kier molecular flexibility index (Phi) is 23.1. The number of thiophene rings is 3. The van der Waals surface area contributed by atoms with Gasteiger partial charge in [-0.2, -0.15) is 15.8 Å².